The molecule has 1 aromatic heterocycles. The van der Waals surface area contributed by atoms with E-state index >= 15 is 0 Å². The molecule has 6 heteroatoms. The van der Waals surface area contributed by atoms with Gasteiger partial charge in [-0.1, -0.05) is 49.4 Å². The Bertz CT molecular complexity index is 1400. The number of aromatic nitrogens is 2. The molecule has 1 saturated carbocycles. The van der Waals surface area contributed by atoms with E-state index in [9.17, 15) is 13.6 Å². The van der Waals surface area contributed by atoms with E-state index in [1.54, 1.807) is 10.7 Å². The molecule has 1 N–H and O–H groups in total. The molecule has 1 aliphatic carbocycles. The first-order chi connectivity index (χ1) is 17.9. The van der Waals surface area contributed by atoms with E-state index in [2.05, 4.69) is 23.4 Å². The Morgan fingerprint density at radius 2 is 1.70 bits per heavy atom. The topological polar surface area (TPSA) is 46.9 Å². The summed E-state index contributed by atoms with van der Waals surface area (Å²) in [5, 5.41) is 7.95. The fraction of sp³-hybridized carbons (Fsp3) is 0.290. The number of hydrogen-bond donors (Lipinski definition) is 1. The summed E-state index contributed by atoms with van der Waals surface area (Å²) < 4.78 is 31.3. The van der Waals surface area contributed by atoms with E-state index in [0.29, 0.717) is 18.2 Å². The molecule has 4 nitrogen and oxygen atoms in total. The highest BCUT2D eigenvalue weighted by Crippen LogP contribution is 2.32. The summed E-state index contributed by atoms with van der Waals surface area (Å²) in [6.45, 7) is 4.65. The van der Waals surface area contributed by atoms with Crippen LogP contribution < -0.4 is 5.32 Å². The summed E-state index contributed by atoms with van der Waals surface area (Å²) in [4.78, 5) is 13.5. The molecule has 190 valence electrons. The van der Waals surface area contributed by atoms with Crippen LogP contribution in [0.5, 0.6) is 0 Å². The minimum Gasteiger partial charge on any atom is -0.306 e. The van der Waals surface area contributed by atoms with Gasteiger partial charge >= 0.3 is 0 Å². The minimum absolute atomic E-state index is 0.0103. The zero-order valence-corrected chi connectivity index (χ0v) is 21.2. The maximum Gasteiger partial charge on any atom is 0.185 e. The third-order valence-electron chi connectivity index (χ3n) is 6.93. The molecule has 0 spiro atoms. The van der Waals surface area contributed by atoms with Crippen molar-refractivity contribution in [2.75, 3.05) is 6.54 Å². The van der Waals surface area contributed by atoms with Crippen molar-refractivity contribution in [3.8, 4) is 5.69 Å². The molecular weight excluding hydrogens is 468 g/mol. The number of nitrogens with one attached hydrogen (secondary N) is 1. The average molecular weight is 500 g/mol. The summed E-state index contributed by atoms with van der Waals surface area (Å²) in [6.07, 6.45) is 3.30. The van der Waals surface area contributed by atoms with Gasteiger partial charge in [0.05, 0.1) is 17.4 Å². The molecule has 1 atom stereocenters. The first kappa shape index (κ1) is 25.0. The second-order valence-corrected chi connectivity index (χ2v) is 9.87. The van der Waals surface area contributed by atoms with E-state index < -0.39 is 17.7 Å². The molecule has 3 aromatic carbocycles. The Morgan fingerprint density at radius 3 is 2.43 bits per heavy atom. The van der Waals surface area contributed by atoms with Crippen molar-refractivity contribution in [1.29, 1.82) is 0 Å². The standard InChI is InChI=1S/C31H31F2N3O/c1-3-21-7-5-10-25(17-21)36-28(15-20(2)35-36)29(37)18-23-8-4-9-24(16-23)31(34-19-22-13-14-22)30-26(32)11-6-12-27(30)33/h4-12,15-17,22,31,34H,3,13-14,18-19H2,1-2H3. The van der Waals surface area contributed by atoms with Crippen LogP contribution in [0.2, 0.25) is 0 Å². The number of ketones is 1. The molecule has 1 heterocycles. The number of carbonyl (C=O) groups is 1. The number of benzene rings is 3. The molecule has 0 bridgehead atoms. The minimum atomic E-state index is -0.638. The molecule has 5 rings (SSSR count). The molecule has 1 unspecified atom stereocenters. The molecule has 37 heavy (non-hydrogen) atoms. The number of aryl methyl sites for hydroxylation is 2. The predicted molar refractivity (Wildman–Crippen MR) is 141 cm³/mol. The monoisotopic (exact) mass is 499 g/mol. The van der Waals surface area contributed by atoms with Gasteiger partial charge in [0.1, 0.15) is 17.3 Å². The molecule has 0 radical (unpaired) electrons. The van der Waals surface area contributed by atoms with Gasteiger partial charge in [-0.05, 0) is 85.7 Å². The van der Waals surface area contributed by atoms with E-state index in [4.69, 9.17) is 0 Å². The van der Waals surface area contributed by atoms with Gasteiger partial charge in [0.25, 0.3) is 0 Å². The fourth-order valence-electron chi connectivity index (χ4n) is 4.74. The number of rotatable bonds is 10. The maximum atomic E-state index is 14.8. The van der Waals surface area contributed by atoms with Gasteiger partial charge in [-0.25, -0.2) is 13.5 Å². The van der Waals surface area contributed by atoms with Gasteiger partial charge in [-0.3, -0.25) is 4.79 Å². The number of nitrogens with zero attached hydrogens (tertiary/aromatic N) is 2. The quantitative estimate of drug-likeness (QED) is 0.252. The van der Waals surface area contributed by atoms with Crippen LogP contribution in [0.25, 0.3) is 5.69 Å². The van der Waals surface area contributed by atoms with Gasteiger partial charge in [0.15, 0.2) is 5.78 Å². The van der Waals surface area contributed by atoms with Crippen molar-refractivity contribution in [2.45, 2.75) is 45.6 Å². The van der Waals surface area contributed by atoms with E-state index in [1.807, 2.05) is 49.4 Å². The highest BCUT2D eigenvalue weighted by Gasteiger charge is 2.27. The summed E-state index contributed by atoms with van der Waals surface area (Å²) in [7, 11) is 0. The fourth-order valence-corrected chi connectivity index (χ4v) is 4.74. The zero-order valence-electron chi connectivity index (χ0n) is 21.2. The van der Waals surface area contributed by atoms with Gasteiger partial charge < -0.3 is 5.32 Å². The van der Waals surface area contributed by atoms with Crippen LogP contribution in [0.15, 0.2) is 72.8 Å². The van der Waals surface area contributed by atoms with Crippen LogP contribution in [-0.4, -0.2) is 22.1 Å². The SMILES string of the molecule is CCc1cccc(-n2nc(C)cc2C(=O)Cc2cccc(C(NCC3CC3)c3c(F)cccc3F)c2)c1. The van der Waals surface area contributed by atoms with Crippen molar-refractivity contribution < 1.29 is 13.6 Å². The lowest BCUT2D eigenvalue weighted by Gasteiger charge is -2.21. The second kappa shape index (κ2) is 10.8. The lowest BCUT2D eigenvalue weighted by molar-refractivity contribution is 0.0985. The Morgan fingerprint density at radius 1 is 1.00 bits per heavy atom. The number of Topliss-reactive ketones (excluding diaryl/α,β-unsaturated/α-hetero) is 1. The first-order valence-electron chi connectivity index (χ1n) is 12.9. The first-order valence-corrected chi connectivity index (χ1v) is 12.9. The highest BCUT2D eigenvalue weighted by molar-refractivity contribution is 5.96. The maximum absolute atomic E-state index is 14.8. The Hall–Kier alpha value is -3.64. The second-order valence-electron chi connectivity index (χ2n) is 9.87. The van der Waals surface area contributed by atoms with Gasteiger partial charge in [0.2, 0.25) is 0 Å². The number of hydrogen-bond acceptors (Lipinski definition) is 3. The molecule has 0 saturated heterocycles. The lowest BCUT2D eigenvalue weighted by atomic mass is 9.94. The molecule has 0 aliphatic heterocycles. The largest absolute Gasteiger partial charge is 0.306 e. The average Bonchev–Trinajstić information content (AvgIpc) is 3.64. The lowest BCUT2D eigenvalue weighted by Crippen LogP contribution is -2.26. The molecule has 4 aromatic rings. The van der Waals surface area contributed by atoms with Crippen molar-refractivity contribution in [3.05, 3.63) is 118 Å². The Labute approximate surface area is 216 Å². The summed E-state index contributed by atoms with van der Waals surface area (Å²) in [6, 6.07) is 20.6. The Kier molecular flexibility index (Phi) is 7.28. The molecule has 1 fully saturated rings. The summed E-state index contributed by atoms with van der Waals surface area (Å²) >= 11 is 0. The van der Waals surface area contributed by atoms with E-state index in [0.717, 1.165) is 41.8 Å². The highest BCUT2D eigenvalue weighted by atomic mass is 19.1. The third kappa shape index (κ3) is 5.70. The summed E-state index contributed by atoms with van der Waals surface area (Å²) in [5.74, 6) is -0.692. The summed E-state index contributed by atoms with van der Waals surface area (Å²) in [5.41, 5.74) is 4.82. The zero-order chi connectivity index (χ0) is 25.9. The van der Waals surface area contributed by atoms with Gasteiger partial charge in [-0.2, -0.15) is 5.10 Å². The molecule has 1 aliphatic rings. The van der Waals surface area contributed by atoms with Crippen LogP contribution in [0.1, 0.15) is 64.2 Å². The van der Waals surface area contributed by atoms with Crippen molar-refractivity contribution >= 4 is 5.78 Å². The Balaban J connectivity index is 1.43. The van der Waals surface area contributed by atoms with Crippen molar-refractivity contribution in [2.24, 2.45) is 5.92 Å². The number of halogens is 2. The smallest absolute Gasteiger partial charge is 0.185 e. The van der Waals surface area contributed by atoms with Crippen LogP contribution in [0.3, 0.4) is 0 Å². The molecule has 0 amide bonds. The molecular formula is C31H31F2N3O. The predicted octanol–water partition coefficient (Wildman–Crippen LogP) is 6.54. The van der Waals surface area contributed by atoms with E-state index in [1.165, 1.54) is 23.8 Å². The van der Waals surface area contributed by atoms with Crippen LogP contribution >= 0.6 is 0 Å². The van der Waals surface area contributed by atoms with Gasteiger partial charge in [-0.15, -0.1) is 0 Å². The van der Waals surface area contributed by atoms with E-state index in [-0.39, 0.29) is 17.8 Å². The normalized spacial score (nSPS) is 14.1. The van der Waals surface area contributed by atoms with Crippen LogP contribution in [0.4, 0.5) is 8.78 Å². The van der Waals surface area contributed by atoms with Crippen LogP contribution in [-0.2, 0) is 12.8 Å². The van der Waals surface area contributed by atoms with Gasteiger partial charge in [0, 0.05) is 12.0 Å². The van der Waals surface area contributed by atoms with Crippen molar-refractivity contribution in [1.82, 2.24) is 15.1 Å². The van der Waals surface area contributed by atoms with Crippen LogP contribution in [0, 0.1) is 24.5 Å². The third-order valence-corrected chi connectivity index (χ3v) is 6.93. The van der Waals surface area contributed by atoms with Crippen molar-refractivity contribution in [3.63, 3.8) is 0 Å². The number of carbonyl (C=O) groups excluding carboxylic acids is 1.